The van der Waals surface area contributed by atoms with E-state index in [0.29, 0.717) is 6.61 Å². The molecule has 0 aromatic heterocycles. The average Bonchev–Trinajstić information content (AvgIpc) is 2.19. The fourth-order valence-corrected chi connectivity index (χ4v) is 1.34. The molecule has 3 heteroatoms. The van der Waals surface area contributed by atoms with Gasteiger partial charge in [-0.05, 0) is 17.8 Å². The van der Waals surface area contributed by atoms with Crippen LogP contribution >= 0.6 is 8.38 Å². The van der Waals surface area contributed by atoms with Crippen molar-refractivity contribution < 1.29 is 9.42 Å². The molecule has 0 saturated carbocycles. The average molecular weight is 196 g/mol. The molecule has 1 atom stereocenters. The fraction of sp³-hybridized carbons (Fsp3) is 0.200. The maximum absolute atomic E-state index is 9.06. The Labute approximate surface area is 79.8 Å². The summed E-state index contributed by atoms with van der Waals surface area (Å²) in [5.41, 5.74) is 1.22. The van der Waals surface area contributed by atoms with Crippen LogP contribution < -0.4 is 0 Å². The second kappa shape index (κ2) is 5.87. The van der Waals surface area contributed by atoms with Gasteiger partial charge in [-0.3, -0.25) is 0 Å². The molecule has 1 aromatic carbocycles. The summed E-state index contributed by atoms with van der Waals surface area (Å²) >= 11 is 0. The molecule has 0 amide bonds. The van der Waals surface area contributed by atoms with Gasteiger partial charge in [-0.2, -0.15) is 0 Å². The van der Waals surface area contributed by atoms with Crippen LogP contribution in [0.3, 0.4) is 0 Å². The van der Waals surface area contributed by atoms with Crippen LogP contribution in [0, 0.1) is 0 Å². The van der Waals surface area contributed by atoms with Crippen LogP contribution in [0.4, 0.5) is 0 Å². The van der Waals surface area contributed by atoms with E-state index in [2.05, 4.69) is 6.58 Å². The van der Waals surface area contributed by atoms with Crippen molar-refractivity contribution in [3.63, 3.8) is 0 Å². The zero-order valence-corrected chi connectivity index (χ0v) is 8.28. The minimum atomic E-state index is -1.41. The third-order valence-electron chi connectivity index (χ3n) is 1.61. The van der Waals surface area contributed by atoms with Gasteiger partial charge in [0.05, 0.1) is 6.61 Å². The van der Waals surface area contributed by atoms with Gasteiger partial charge >= 0.3 is 0 Å². The Morgan fingerprint density at radius 2 is 2.08 bits per heavy atom. The molecule has 13 heavy (non-hydrogen) atoms. The number of benzene rings is 1. The summed E-state index contributed by atoms with van der Waals surface area (Å²) in [6.07, 6.45) is 0.827. The molecule has 70 valence electrons. The molecule has 0 aliphatic heterocycles. The first kappa shape index (κ1) is 10.4. The van der Waals surface area contributed by atoms with Crippen LogP contribution in [-0.4, -0.2) is 11.5 Å². The highest BCUT2D eigenvalue weighted by atomic mass is 31.2. The maximum atomic E-state index is 9.06. The van der Waals surface area contributed by atoms with E-state index < -0.39 is 8.38 Å². The molecule has 0 heterocycles. The Morgan fingerprint density at radius 1 is 1.38 bits per heavy atom. The van der Waals surface area contributed by atoms with Crippen molar-refractivity contribution in [3.8, 4) is 0 Å². The lowest BCUT2D eigenvalue weighted by molar-refractivity contribution is 0.320. The van der Waals surface area contributed by atoms with Gasteiger partial charge < -0.3 is 9.42 Å². The minimum absolute atomic E-state index is 0.540. The topological polar surface area (TPSA) is 29.5 Å². The lowest BCUT2D eigenvalue weighted by Gasteiger charge is -2.05. The molecule has 1 unspecified atom stereocenters. The third-order valence-corrected chi connectivity index (χ3v) is 2.37. The summed E-state index contributed by atoms with van der Waals surface area (Å²) in [6.45, 7) is 3.98. The summed E-state index contributed by atoms with van der Waals surface area (Å²) in [6, 6.07) is 10.0. The van der Waals surface area contributed by atoms with E-state index in [1.807, 2.05) is 30.3 Å². The predicted octanol–water partition coefficient (Wildman–Crippen LogP) is 2.69. The first-order chi connectivity index (χ1) is 6.33. The van der Waals surface area contributed by atoms with Gasteiger partial charge in [-0.25, -0.2) is 0 Å². The van der Waals surface area contributed by atoms with Crippen LogP contribution in [0.1, 0.15) is 5.56 Å². The van der Waals surface area contributed by atoms with Gasteiger partial charge in [0.15, 0.2) is 8.38 Å². The van der Waals surface area contributed by atoms with Gasteiger partial charge in [0.2, 0.25) is 0 Å². The van der Waals surface area contributed by atoms with Crippen LogP contribution in [0.15, 0.2) is 42.7 Å². The molecule has 0 aliphatic rings. The Balaban J connectivity index is 2.24. The zero-order valence-electron chi connectivity index (χ0n) is 7.39. The molecular weight excluding hydrogens is 183 g/mol. The summed E-state index contributed by atoms with van der Waals surface area (Å²) in [7, 11) is -1.41. The second-order valence-electron chi connectivity index (χ2n) is 2.55. The molecule has 1 aromatic rings. The van der Waals surface area contributed by atoms with E-state index in [4.69, 9.17) is 9.42 Å². The quantitative estimate of drug-likeness (QED) is 0.733. The van der Waals surface area contributed by atoms with Crippen molar-refractivity contribution in [1.82, 2.24) is 0 Å². The monoisotopic (exact) mass is 196 g/mol. The van der Waals surface area contributed by atoms with Gasteiger partial charge in [-0.1, -0.05) is 36.9 Å². The molecule has 1 N–H and O–H groups in total. The van der Waals surface area contributed by atoms with Crippen molar-refractivity contribution in [2.24, 2.45) is 0 Å². The minimum Gasteiger partial charge on any atom is -0.347 e. The largest absolute Gasteiger partial charge is 0.347 e. The third kappa shape index (κ3) is 4.18. The van der Waals surface area contributed by atoms with Crippen LogP contribution in [0.2, 0.25) is 0 Å². The molecular formula is C10H13O2P. The molecule has 1 rings (SSSR count). The van der Waals surface area contributed by atoms with E-state index in [9.17, 15) is 0 Å². The maximum Gasteiger partial charge on any atom is 0.193 e. The Morgan fingerprint density at radius 3 is 2.69 bits per heavy atom. The van der Waals surface area contributed by atoms with Gasteiger partial charge in [0, 0.05) is 0 Å². The Bertz CT molecular complexity index is 248. The first-order valence-corrected chi connectivity index (χ1v) is 5.38. The first-order valence-electron chi connectivity index (χ1n) is 4.10. The van der Waals surface area contributed by atoms with E-state index in [1.54, 1.807) is 0 Å². The Hall–Kier alpha value is -0.690. The molecule has 0 spiro atoms. The van der Waals surface area contributed by atoms with E-state index in [0.717, 1.165) is 6.42 Å². The summed E-state index contributed by atoms with van der Waals surface area (Å²) in [5, 5.41) is 0. The lowest BCUT2D eigenvalue weighted by atomic mass is 10.2. The van der Waals surface area contributed by atoms with Crippen molar-refractivity contribution in [3.05, 3.63) is 48.3 Å². The van der Waals surface area contributed by atoms with Gasteiger partial charge in [0.1, 0.15) is 0 Å². The number of hydrogen-bond donors (Lipinski definition) is 1. The van der Waals surface area contributed by atoms with Crippen LogP contribution in [0.25, 0.3) is 0 Å². The second-order valence-corrected chi connectivity index (χ2v) is 3.78. The number of hydrogen-bond acceptors (Lipinski definition) is 2. The molecule has 0 aliphatic carbocycles. The molecule has 2 nitrogen and oxygen atoms in total. The fourth-order valence-electron chi connectivity index (χ4n) is 0.954. The Kier molecular flexibility index (Phi) is 4.69. The van der Waals surface area contributed by atoms with Gasteiger partial charge in [0.25, 0.3) is 0 Å². The highest BCUT2D eigenvalue weighted by Gasteiger charge is 1.98. The number of rotatable bonds is 5. The van der Waals surface area contributed by atoms with E-state index in [1.165, 1.54) is 11.4 Å². The van der Waals surface area contributed by atoms with E-state index in [-0.39, 0.29) is 0 Å². The van der Waals surface area contributed by atoms with Crippen molar-refractivity contribution in [2.45, 2.75) is 6.42 Å². The summed E-state index contributed by atoms with van der Waals surface area (Å²) < 4.78 is 5.10. The van der Waals surface area contributed by atoms with Crippen LogP contribution in [-0.2, 0) is 10.9 Å². The lowest BCUT2D eigenvalue weighted by Crippen LogP contribution is -1.93. The van der Waals surface area contributed by atoms with Crippen LogP contribution in [0.5, 0.6) is 0 Å². The van der Waals surface area contributed by atoms with Crippen molar-refractivity contribution in [1.29, 1.82) is 0 Å². The highest BCUT2D eigenvalue weighted by Crippen LogP contribution is 2.31. The summed E-state index contributed by atoms with van der Waals surface area (Å²) in [4.78, 5) is 9.06. The zero-order chi connectivity index (χ0) is 9.52. The molecule has 0 radical (unpaired) electrons. The molecule has 0 saturated heterocycles. The highest BCUT2D eigenvalue weighted by molar-refractivity contribution is 7.49. The smallest absolute Gasteiger partial charge is 0.193 e. The molecule has 0 fully saturated rings. The predicted molar refractivity (Wildman–Crippen MR) is 55.4 cm³/mol. The van der Waals surface area contributed by atoms with E-state index >= 15 is 0 Å². The standard InChI is InChI=1S/C10H13O2P/c1-2-13(11)12-9-8-10-6-4-3-5-7-10/h2-7,11H,1,8-9H2. The van der Waals surface area contributed by atoms with Crippen molar-refractivity contribution >= 4 is 8.38 Å². The SMILES string of the molecule is C=CP(O)OCCc1ccccc1. The van der Waals surface area contributed by atoms with Crippen molar-refractivity contribution in [2.75, 3.05) is 6.61 Å². The molecule has 0 bridgehead atoms. The van der Waals surface area contributed by atoms with Gasteiger partial charge in [-0.15, -0.1) is 0 Å². The normalized spacial score (nSPS) is 12.4. The summed E-state index contributed by atoms with van der Waals surface area (Å²) in [5.74, 6) is 1.43.